The lowest BCUT2D eigenvalue weighted by Crippen LogP contribution is -2.14. The zero-order valence-corrected chi connectivity index (χ0v) is 16.4. The molecule has 0 aromatic heterocycles. The van der Waals surface area contributed by atoms with Crippen molar-refractivity contribution in [1.82, 2.24) is 0 Å². The molecule has 0 nitrogen and oxygen atoms in total. The Labute approximate surface area is 157 Å². The summed E-state index contributed by atoms with van der Waals surface area (Å²) in [5.74, 6) is 0. The van der Waals surface area contributed by atoms with Crippen molar-refractivity contribution < 1.29 is 0 Å². The molecular weight excluding hydrogens is 312 g/mol. The van der Waals surface area contributed by atoms with E-state index in [0.29, 0.717) is 0 Å². The number of hydrogen-bond acceptors (Lipinski definition) is 0. The Morgan fingerprint density at radius 1 is 0.731 bits per heavy atom. The second-order valence-electron chi connectivity index (χ2n) is 8.09. The fraction of sp³-hybridized carbons (Fsp3) is 0.308. The Bertz CT molecular complexity index is 960. The maximum absolute atomic E-state index is 2.37. The van der Waals surface area contributed by atoms with E-state index in [1.165, 1.54) is 57.3 Å². The SMILES string of the molecule is CCCCc1ccccc1-c1ccc2c(c1C)-c1ccccc1C2(C)C. The number of hydrogen-bond donors (Lipinski definition) is 0. The van der Waals surface area contributed by atoms with Crippen molar-refractivity contribution in [1.29, 1.82) is 0 Å². The molecule has 26 heavy (non-hydrogen) atoms. The molecule has 0 aliphatic heterocycles. The van der Waals surface area contributed by atoms with Gasteiger partial charge in [0.2, 0.25) is 0 Å². The molecule has 1 aliphatic carbocycles. The van der Waals surface area contributed by atoms with Gasteiger partial charge in [-0.3, -0.25) is 0 Å². The Balaban J connectivity index is 1.92. The van der Waals surface area contributed by atoms with Crippen LogP contribution >= 0.6 is 0 Å². The third-order valence-corrected chi connectivity index (χ3v) is 6.12. The highest BCUT2D eigenvalue weighted by Gasteiger charge is 2.36. The van der Waals surface area contributed by atoms with E-state index in [-0.39, 0.29) is 5.41 Å². The molecule has 0 saturated carbocycles. The van der Waals surface area contributed by atoms with Gasteiger partial charge in [-0.05, 0) is 64.3 Å². The van der Waals surface area contributed by atoms with Crippen molar-refractivity contribution in [3.8, 4) is 22.3 Å². The highest BCUT2D eigenvalue weighted by atomic mass is 14.4. The molecule has 0 bridgehead atoms. The molecule has 0 radical (unpaired) electrons. The lowest BCUT2D eigenvalue weighted by atomic mass is 9.81. The molecule has 0 N–H and O–H groups in total. The van der Waals surface area contributed by atoms with Gasteiger partial charge in [0.25, 0.3) is 0 Å². The summed E-state index contributed by atoms with van der Waals surface area (Å²) in [7, 11) is 0. The van der Waals surface area contributed by atoms with E-state index in [1.807, 2.05) is 0 Å². The average Bonchev–Trinajstić information content (AvgIpc) is 2.89. The molecule has 3 aromatic carbocycles. The molecule has 1 aliphatic rings. The zero-order valence-electron chi connectivity index (χ0n) is 16.4. The van der Waals surface area contributed by atoms with Crippen LogP contribution in [0.1, 0.15) is 55.9 Å². The van der Waals surface area contributed by atoms with E-state index in [9.17, 15) is 0 Å². The van der Waals surface area contributed by atoms with Gasteiger partial charge in [-0.25, -0.2) is 0 Å². The van der Waals surface area contributed by atoms with Gasteiger partial charge in [0.05, 0.1) is 0 Å². The molecule has 4 rings (SSSR count). The molecule has 0 atom stereocenters. The first-order chi connectivity index (χ1) is 12.6. The molecule has 3 aromatic rings. The topological polar surface area (TPSA) is 0 Å². The van der Waals surface area contributed by atoms with Gasteiger partial charge in [-0.1, -0.05) is 87.9 Å². The van der Waals surface area contributed by atoms with E-state index in [4.69, 9.17) is 0 Å². The number of aryl methyl sites for hydroxylation is 1. The summed E-state index contributed by atoms with van der Waals surface area (Å²) in [5.41, 5.74) is 11.6. The summed E-state index contributed by atoms with van der Waals surface area (Å²) in [6.07, 6.45) is 3.64. The monoisotopic (exact) mass is 340 g/mol. The van der Waals surface area contributed by atoms with Crippen LogP contribution in [0.15, 0.2) is 60.7 Å². The van der Waals surface area contributed by atoms with Crippen molar-refractivity contribution in [3.63, 3.8) is 0 Å². The Morgan fingerprint density at radius 2 is 1.42 bits per heavy atom. The maximum Gasteiger partial charge on any atom is 0.0158 e. The maximum atomic E-state index is 2.37. The van der Waals surface area contributed by atoms with Crippen molar-refractivity contribution in [3.05, 3.63) is 82.9 Å². The third kappa shape index (κ3) is 2.51. The predicted molar refractivity (Wildman–Crippen MR) is 113 cm³/mol. The lowest BCUT2D eigenvalue weighted by Gasteiger charge is -2.22. The van der Waals surface area contributed by atoms with Crippen molar-refractivity contribution in [2.24, 2.45) is 0 Å². The Hall–Kier alpha value is -2.34. The molecule has 0 amide bonds. The van der Waals surface area contributed by atoms with Gasteiger partial charge in [-0.2, -0.15) is 0 Å². The highest BCUT2D eigenvalue weighted by molar-refractivity contribution is 5.88. The lowest BCUT2D eigenvalue weighted by molar-refractivity contribution is 0.660. The molecule has 0 heterocycles. The Kier molecular flexibility index (Phi) is 4.23. The van der Waals surface area contributed by atoms with Crippen LogP contribution in [0.5, 0.6) is 0 Å². The minimum absolute atomic E-state index is 0.0803. The van der Waals surface area contributed by atoms with Crippen molar-refractivity contribution in [2.75, 3.05) is 0 Å². The largest absolute Gasteiger partial charge is 0.0654 e. The fourth-order valence-corrected chi connectivity index (χ4v) is 4.63. The molecule has 132 valence electrons. The first-order valence-electron chi connectivity index (χ1n) is 9.88. The van der Waals surface area contributed by atoms with Crippen molar-refractivity contribution in [2.45, 2.75) is 52.4 Å². The van der Waals surface area contributed by atoms with E-state index >= 15 is 0 Å². The fourth-order valence-electron chi connectivity index (χ4n) is 4.63. The van der Waals surface area contributed by atoms with E-state index in [1.54, 1.807) is 0 Å². The number of unbranched alkanes of at least 4 members (excludes halogenated alkanes) is 1. The highest BCUT2D eigenvalue weighted by Crippen LogP contribution is 2.51. The zero-order chi connectivity index (χ0) is 18.3. The van der Waals surface area contributed by atoms with Crippen LogP contribution in [0.3, 0.4) is 0 Å². The minimum Gasteiger partial charge on any atom is -0.0654 e. The van der Waals surface area contributed by atoms with Gasteiger partial charge >= 0.3 is 0 Å². The van der Waals surface area contributed by atoms with Crippen LogP contribution in [-0.2, 0) is 11.8 Å². The van der Waals surface area contributed by atoms with Crippen LogP contribution in [0.2, 0.25) is 0 Å². The minimum atomic E-state index is 0.0803. The summed E-state index contributed by atoms with van der Waals surface area (Å²) in [6.45, 7) is 9.28. The van der Waals surface area contributed by atoms with Gasteiger partial charge < -0.3 is 0 Å². The quantitative estimate of drug-likeness (QED) is 0.467. The Morgan fingerprint density at radius 3 is 2.19 bits per heavy atom. The summed E-state index contributed by atoms with van der Waals surface area (Å²) < 4.78 is 0. The number of fused-ring (bicyclic) bond motifs is 3. The van der Waals surface area contributed by atoms with Crippen LogP contribution in [0.4, 0.5) is 0 Å². The average molecular weight is 341 g/mol. The third-order valence-electron chi connectivity index (χ3n) is 6.12. The summed E-state index contributed by atoms with van der Waals surface area (Å²) in [4.78, 5) is 0. The standard InChI is InChI=1S/C26H28/c1-5-6-11-19-12-7-8-13-21(19)20-16-17-24-25(18(20)2)22-14-9-10-15-23(22)26(24,3)4/h7-10,12-17H,5-6,11H2,1-4H3. The van der Waals surface area contributed by atoms with E-state index < -0.39 is 0 Å². The number of benzene rings is 3. The van der Waals surface area contributed by atoms with Crippen LogP contribution in [-0.4, -0.2) is 0 Å². The summed E-state index contributed by atoms with van der Waals surface area (Å²) >= 11 is 0. The first-order valence-corrected chi connectivity index (χ1v) is 9.88. The molecule has 0 heteroatoms. The molecular formula is C26H28. The second kappa shape index (κ2) is 6.43. The molecule has 0 unspecified atom stereocenters. The van der Waals surface area contributed by atoms with Gasteiger partial charge in [0, 0.05) is 5.41 Å². The van der Waals surface area contributed by atoms with Gasteiger partial charge in [0.1, 0.15) is 0 Å². The smallest absolute Gasteiger partial charge is 0.0158 e. The van der Waals surface area contributed by atoms with Crippen LogP contribution in [0, 0.1) is 6.92 Å². The van der Waals surface area contributed by atoms with Gasteiger partial charge in [0.15, 0.2) is 0 Å². The molecule has 0 saturated heterocycles. The van der Waals surface area contributed by atoms with Gasteiger partial charge in [-0.15, -0.1) is 0 Å². The summed E-state index contributed by atoms with van der Waals surface area (Å²) in [6, 6.07) is 22.6. The molecule has 0 spiro atoms. The summed E-state index contributed by atoms with van der Waals surface area (Å²) in [5, 5.41) is 0. The second-order valence-corrected chi connectivity index (χ2v) is 8.09. The predicted octanol–water partition coefficient (Wildman–Crippen LogP) is 7.31. The molecule has 0 fully saturated rings. The number of rotatable bonds is 4. The van der Waals surface area contributed by atoms with E-state index in [2.05, 4.69) is 88.4 Å². The van der Waals surface area contributed by atoms with Crippen LogP contribution in [0.25, 0.3) is 22.3 Å². The first kappa shape index (κ1) is 17.1. The van der Waals surface area contributed by atoms with E-state index in [0.717, 1.165) is 6.42 Å². The van der Waals surface area contributed by atoms with Crippen molar-refractivity contribution >= 4 is 0 Å². The normalized spacial score (nSPS) is 14.2. The van der Waals surface area contributed by atoms with Crippen LogP contribution < -0.4 is 0 Å².